The quantitative estimate of drug-likeness (QED) is 0.908. The molecule has 19 heavy (non-hydrogen) atoms. The summed E-state index contributed by atoms with van der Waals surface area (Å²) in [5, 5.41) is 5.37. The van der Waals surface area contributed by atoms with Gasteiger partial charge in [-0.05, 0) is 31.5 Å². The molecule has 0 bridgehead atoms. The summed E-state index contributed by atoms with van der Waals surface area (Å²) < 4.78 is 5.58. The van der Waals surface area contributed by atoms with Crippen molar-refractivity contribution >= 4 is 28.2 Å². The smallest absolute Gasteiger partial charge is 0.0770 e. The highest BCUT2D eigenvalue weighted by molar-refractivity contribution is 6.32. The van der Waals surface area contributed by atoms with Crippen molar-refractivity contribution in [3.8, 4) is 0 Å². The third-order valence-corrected chi connectivity index (χ3v) is 4.02. The van der Waals surface area contributed by atoms with Gasteiger partial charge in [0.15, 0.2) is 0 Å². The molecule has 1 aromatic carbocycles. The molecule has 0 fully saturated rings. The molecule has 0 aliphatic carbocycles. The van der Waals surface area contributed by atoms with E-state index in [0.29, 0.717) is 6.61 Å². The van der Waals surface area contributed by atoms with E-state index in [1.54, 1.807) is 0 Å². The number of hydrogen-bond donors (Lipinski definition) is 1. The van der Waals surface area contributed by atoms with Crippen LogP contribution in [-0.2, 0) is 17.8 Å². The second kappa shape index (κ2) is 4.99. The van der Waals surface area contributed by atoms with E-state index in [1.165, 1.54) is 5.56 Å². The van der Waals surface area contributed by atoms with Gasteiger partial charge in [-0.1, -0.05) is 11.6 Å². The number of benzene rings is 1. The number of nitrogens with zero attached hydrogens (tertiary/aromatic N) is 1. The minimum Gasteiger partial charge on any atom is -0.384 e. The molecule has 0 amide bonds. The summed E-state index contributed by atoms with van der Waals surface area (Å²) >= 11 is 6.22. The summed E-state index contributed by atoms with van der Waals surface area (Å²) in [5.74, 6) is 0. The molecule has 1 aromatic heterocycles. The van der Waals surface area contributed by atoms with Crippen molar-refractivity contribution < 1.29 is 4.74 Å². The van der Waals surface area contributed by atoms with Crippen molar-refractivity contribution in [1.29, 1.82) is 0 Å². The van der Waals surface area contributed by atoms with E-state index in [9.17, 15) is 0 Å². The Labute approximate surface area is 117 Å². The molecule has 0 unspecified atom stereocenters. The molecule has 0 atom stereocenters. The largest absolute Gasteiger partial charge is 0.384 e. The number of rotatable bonds is 2. The number of aromatic nitrogens is 1. The van der Waals surface area contributed by atoms with Crippen LogP contribution in [0.4, 0.5) is 5.69 Å². The van der Waals surface area contributed by atoms with Gasteiger partial charge in [-0.25, -0.2) is 0 Å². The second-order valence-electron chi connectivity index (χ2n) is 4.81. The average Bonchev–Trinajstić information content (AvgIpc) is 2.43. The highest BCUT2D eigenvalue weighted by atomic mass is 35.5. The molecule has 0 saturated heterocycles. The Balaban J connectivity index is 2.35. The lowest BCUT2D eigenvalue weighted by atomic mass is 10.0. The normalized spacial score (nSPS) is 14.5. The first-order valence-electron chi connectivity index (χ1n) is 6.64. The van der Waals surface area contributed by atoms with Crippen LogP contribution in [0.25, 0.3) is 10.9 Å². The molecular weight excluding hydrogens is 260 g/mol. The Morgan fingerprint density at radius 3 is 3.05 bits per heavy atom. The minimum absolute atomic E-state index is 0.641. The van der Waals surface area contributed by atoms with Crippen LogP contribution in [0, 0.1) is 6.92 Å². The molecule has 1 aliphatic rings. The van der Waals surface area contributed by atoms with Gasteiger partial charge in [0, 0.05) is 28.9 Å². The lowest BCUT2D eigenvalue weighted by Crippen LogP contribution is -2.15. The maximum atomic E-state index is 6.22. The molecule has 4 heteroatoms. The molecule has 0 spiro atoms. The van der Waals surface area contributed by atoms with Gasteiger partial charge in [-0.3, -0.25) is 4.98 Å². The molecule has 0 radical (unpaired) electrons. The van der Waals surface area contributed by atoms with Gasteiger partial charge in [0.2, 0.25) is 0 Å². The summed E-state index contributed by atoms with van der Waals surface area (Å²) in [6.07, 6.45) is 0.871. The van der Waals surface area contributed by atoms with Crippen molar-refractivity contribution in [2.24, 2.45) is 0 Å². The molecule has 2 aromatic rings. The Kier molecular flexibility index (Phi) is 3.33. The Morgan fingerprint density at radius 1 is 1.42 bits per heavy atom. The number of pyridine rings is 1. The monoisotopic (exact) mass is 276 g/mol. The van der Waals surface area contributed by atoms with Crippen molar-refractivity contribution in [2.45, 2.75) is 26.9 Å². The number of halogens is 1. The Morgan fingerprint density at radius 2 is 2.26 bits per heavy atom. The predicted octanol–water partition coefficient (Wildman–Crippen LogP) is 3.70. The van der Waals surface area contributed by atoms with Crippen LogP contribution in [-0.4, -0.2) is 18.1 Å². The van der Waals surface area contributed by atoms with Crippen LogP contribution in [0.5, 0.6) is 0 Å². The first-order chi connectivity index (χ1) is 9.22. The standard InChI is InChI=1S/C15H17ClN2O/c1-3-17-15-10-4-5-12(16)9(2)14(10)18-13-6-7-19-8-11(13)15/h4-5H,3,6-8H2,1-2H3,(H,17,18). The van der Waals surface area contributed by atoms with Crippen molar-refractivity contribution in [3.05, 3.63) is 34.0 Å². The first kappa shape index (κ1) is 12.7. The van der Waals surface area contributed by atoms with Crippen molar-refractivity contribution in [1.82, 2.24) is 4.98 Å². The van der Waals surface area contributed by atoms with E-state index < -0.39 is 0 Å². The van der Waals surface area contributed by atoms with Gasteiger partial charge in [0.25, 0.3) is 0 Å². The fourth-order valence-corrected chi connectivity index (χ4v) is 2.77. The summed E-state index contributed by atoms with van der Waals surface area (Å²) in [4.78, 5) is 4.81. The van der Waals surface area contributed by atoms with E-state index in [1.807, 2.05) is 19.1 Å². The number of fused-ring (bicyclic) bond motifs is 2. The molecule has 100 valence electrons. The van der Waals surface area contributed by atoms with Gasteiger partial charge in [0.1, 0.15) is 0 Å². The van der Waals surface area contributed by atoms with Gasteiger partial charge in [-0.2, -0.15) is 0 Å². The van der Waals surface area contributed by atoms with E-state index in [-0.39, 0.29) is 0 Å². The fourth-order valence-electron chi connectivity index (χ4n) is 2.61. The van der Waals surface area contributed by atoms with E-state index in [0.717, 1.165) is 52.4 Å². The van der Waals surface area contributed by atoms with Crippen LogP contribution in [0.2, 0.25) is 5.02 Å². The summed E-state index contributed by atoms with van der Waals surface area (Å²) in [7, 11) is 0. The zero-order valence-corrected chi connectivity index (χ0v) is 12.0. The topological polar surface area (TPSA) is 34.2 Å². The van der Waals surface area contributed by atoms with E-state index >= 15 is 0 Å². The Hall–Kier alpha value is -1.32. The zero-order chi connectivity index (χ0) is 13.4. The first-order valence-corrected chi connectivity index (χ1v) is 7.02. The zero-order valence-electron chi connectivity index (χ0n) is 11.2. The van der Waals surface area contributed by atoms with Crippen LogP contribution in [0.15, 0.2) is 12.1 Å². The summed E-state index contributed by atoms with van der Waals surface area (Å²) in [6.45, 7) is 6.40. The molecule has 1 aliphatic heterocycles. The van der Waals surface area contributed by atoms with Gasteiger partial charge in [0.05, 0.1) is 30.1 Å². The number of ether oxygens (including phenoxy) is 1. The Bertz CT molecular complexity index is 640. The van der Waals surface area contributed by atoms with Gasteiger partial charge in [-0.15, -0.1) is 0 Å². The maximum absolute atomic E-state index is 6.22. The van der Waals surface area contributed by atoms with Crippen LogP contribution in [0.3, 0.4) is 0 Å². The van der Waals surface area contributed by atoms with Gasteiger partial charge >= 0.3 is 0 Å². The van der Waals surface area contributed by atoms with E-state index in [2.05, 4.69) is 12.2 Å². The number of anilines is 1. The lowest BCUT2D eigenvalue weighted by Gasteiger charge is -2.22. The highest BCUT2D eigenvalue weighted by Crippen LogP contribution is 2.34. The summed E-state index contributed by atoms with van der Waals surface area (Å²) in [5.41, 5.74) is 5.54. The molecule has 1 N–H and O–H groups in total. The summed E-state index contributed by atoms with van der Waals surface area (Å²) in [6, 6.07) is 3.99. The average molecular weight is 277 g/mol. The van der Waals surface area contributed by atoms with Crippen LogP contribution < -0.4 is 5.32 Å². The third-order valence-electron chi connectivity index (χ3n) is 3.61. The number of hydrogen-bond acceptors (Lipinski definition) is 3. The van der Waals surface area contributed by atoms with Crippen LogP contribution in [0.1, 0.15) is 23.7 Å². The molecule has 2 heterocycles. The lowest BCUT2D eigenvalue weighted by molar-refractivity contribution is 0.110. The maximum Gasteiger partial charge on any atom is 0.0770 e. The number of nitrogens with one attached hydrogen (secondary N) is 1. The van der Waals surface area contributed by atoms with Crippen molar-refractivity contribution in [2.75, 3.05) is 18.5 Å². The second-order valence-corrected chi connectivity index (χ2v) is 5.22. The van der Waals surface area contributed by atoms with Gasteiger partial charge < -0.3 is 10.1 Å². The molecule has 0 saturated carbocycles. The molecular formula is C15H17ClN2O. The fraction of sp³-hybridized carbons (Fsp3) is 0.400. The third kappa shape index (κ3) is 2.07. The predicted molar refractivity (Wildman–Crippen MR) is 79.0 cm³/mol. The highest BCUT2D eigenvalue weighted by Gasteiger charge is 2.19. The van der Waals surface area contributed by atoms with Crippen molar-refractivity contribution in [3.63, 3.8) is 0 Å². The molecule has 3 nitrogen and oxygen atoms in total. The van der Waals surface area contributed by atoms with Crippen LogP contribution >= 0.6 is 11.6 Å². The van der Waals surface area contributed by atoms with E-state index in [4.69, 9.17) is 21.3 Å². The SMILES string of the molecule is CCNc1c2c(nc3c(C)c(Cl)ccc13)CCOC2. The minimum atomic E-state index is 0.641. The molecule has 3 rings (SSSR count). The number of aryl methyl sites for hydroxylation is 1.